The van der Waals surface area contributed by atoms with Gasteiger partial charge in [0.2, 0.25) is 0 Å². The zero-order chi connectivity index (χ0) is 19.5. The fourth-order valence-electron chi connectivity index (χ4n) is 3.03. The van der Waals surface area contributed by atoms with Gasteiger partial charge in [0.1, 0.15) is 18.1 Å². The van der Waals surface area contributed by atoms with Crippen LogP contribution in [-0.4, -0.2) is 37.1 Å². The van der Waals surface area contributed by atoms with Gasteiger partial charge in [0, 0.05) is 18.0 Å². The van der Waals surface area contributed by atoms with Crippen LogP contribution in [0.2, 0.25) is 5.02 Å². The van der Waals surface area contributed by atoms with Crippen LogP contribution in [0.15, 0.2) is 63.7 Å². The molecular weight excluding hydrogens is 398 g/mol. The number of nitrogens with zero attached hydrogens (tertiary/aromatic N) is 5. The molecule has 3 heterocycles. The topological polar surface area (TPSA) is 76.5 Å². The minimum Gasteiger partial charge on any atom is -0.467 e. The second kappa shape index (κ2) is 8.20. The van der Waals surface area contributed by atoms with E-state index in [2.05, 4.69) is 15.3 Å². The Balaban J connectivity index is 1.55. The number of halogens is 1. The van der Waals surface area contributed by atoms with E-state index in [1.54, 1.807) is 12.6 Å². The van der Waals surface area contributed by atoms with Gasteiger partial charge >= 0.3 is 0 Å². The first-order chi connectivity index (χ1) is 13.7. The Morgan fingerprint density at radius 3 is 2.86 bits per heavy atom. The number of amides is 1. The number of furan rings is 1. The molecule has 28 heavy (non-hydrogen) atoms. The van der Waals surface area contributed by atoms with E-state index >= 15 is 0 Å². The largest absolute Gasteiger partial charge is 0.467 e. The summed E-state index contributed by atoms with van der Waals surface area (Å²) < 4.78 is 7.46. The molecule has 0 aliphatic carbocycles. The number of carbonyl (C=O) groups is 1. The first-order valence-electron chi connectivity index (χ1n) is 8.85. The normalized spacial score (nSPS) is 16.4. The molecule has 0 fully saturated rings. The summed E-state index contributed by atoms with van der Waals surface area (Å²) in [6.07, 6.45) is 3.85. The van der Waals surface area contributed by atoms with Gasteiger partial charge in [-0.2, -0.15) is 5.10 Å². The van der Waals surface area contributed by atoms with Crippen molar-refractivity contribution in [2.75, 3.05) is 5.75 Å². The smallest absolute Gasteiger partial charge is 0.253 e. The molecule has 9 heteroatoms. The number of carbonyl (C=O) groups excluding carboxylic acids is 1. The van der Waals surface area contributed by atoms with Crippen molar-refractivity contribution in [3.63, 3.8) is 0 Å². The van der Waals surface area contributed by atoms with Crippen LogP contribution >= 0.6 is 23.4 Å². The minimum absolute atomic E-state index is 0.110. The molecule has 0 saturated heterocycles. The fourth-order valence-corrected chi connectivity index (χ4v) is 3.98. The van der Waals surface area contributed by atoms with Gasteiger partial charge in [-0.3, -0.25) is 4.79 Å². The van der Waals surface area contributed by atoms with E-state index in [-0.39, 0.29) is 17.7 Å². The monoisotopic (exact) mass is 415 g/mol. The van der Waals surface area contributed by atoms with Crippen LogP contribution in [0.3, 0.4) is 0 Å². The van der Waals surface area contributed by atoms with Crippen LogP contribution in [0.4, 0.5) is 0 Å². The fraction of sp³-hybridized carbons (Fsp3) is 0.263. The molecule has 0 radical (unpaired) electrons. The van der Waals surface area contributed by atoms with Gasteiger partial charge in [0.15, 0.2) is 5.16 Å². The zero-order valence-corrected chi connectivity index (χ0v) is 16.7. The number of thioether (sulfide) groups is 1. The van der Waals surface area contributed by atoms with Crippen LogP contribution in [0.1, 0.15) is 30.7 Å². The predicted molar refractivity (Wildman–Crippen MR) is 107 cm³/mol. The third-order valence-electron chi connectivity index (χ3n) is 4.46. The Labute approximate surface area is 171 Å². The Hall–Kier alpha value is -2.58. The highest BCUT2D eigenvalue weighted by molar-refractivity contribution is 7.99. The Morgan fingerprint density at radius 2 is 2.14 bits per heavy atom. The van der Waals surface area contributed by atoms with E-state index in [4.69, 9.17) is 16.0 Å². The number of hydrazone groups is 1. The van der Waals surface area contributed by atoms with Crippen molar-refractivity contribution in [3.05, 3.63) is 65.3 Å². The number of benzene rings is 1. The molecule has 0 unspecified atom stereocenters. The Morgan fingerprint density at radius 1 is 1.32 bits per heavy atom. The van der Waals surface area contributed by atoms with Crippen molar-refractivity contribution in [1.82, 2.24) is 19.8 Å². The Kier molecular flexibility index (Phi) is 5.50. The Bertz CT molecular complexity index is 984. The molecule has 0 spiro atoms. The minimum atomic E-state index is -0.266. The van der Waals surface area contributed by atoms with E-state index in [1.165, 1.54) is 16.8 Å². The molecule has 0 N–H and O–H groups in total. The summed E-state index contributed by atoms with van der Waals surface area (Å²) in [6.45, 7) is 2.76. The first kappa shape index (κ1) is 18.8. The summed E-state index contributed by atoms with van der Waals surface area (Å²) in [5.74, 6) is 0.816. The van der Waals surface area contributed by atoms with Crippen molar-refractivity contribution in [3.8, 4) is 0 Å². The van der Waals surface area contributed by atoms with Crippen LogP contribution in [0.25, 0.3) is 0 Å². The third kappa shape index (κ3) is 3.83. The SMILES string of the molecule is CCn1cnnc1SCC(=O)N1N=C(c2ccc(Cl)cc2)C[C@@H]1c1ccco1. The van der Waals surface area contributed by atoms with E-state index in [0.717, 1.165) is 17.8 Å². The van der Waals surface area contributed by atoms with E-state index < -0.39 is 0 Å². The molecule has 144 valence electrons. The van der Waals surface area contributed by atoms with Gasteiger partial charge in [-0.05, 0) is 36.8 Å². The number of hydrogen-bond donors (Lipinski definition) is 0. The summed E-state index contributed by atoms with van der Waals surface area (Å²) >= 11 is 7.34. The van der Waals surface area contributed by atoms with Gasteiger partial charge in [-0.1, -0.05) is 35.5 Å². The maximum Gasteiger partial charge on any atom is 0.253 e. The molecular formula is C19H18ClN5O2S. The highest BCUT2D eigenvalue weighted by Gasteiger charge is 2.34. The third-order valence-corrected chi connectivity index (χ3v) is 5.68. The van der Waals surface area contributed by atoms with Crippen molar-refractivity contribution in [2.24, 2.45) is 5.10 Å². The van der Waals surface area contributed by atoms with Crippen LogP contribution in [0.5, 0.6) is 0 Å². The van der Waals surface area contributed by atoms with Crippen molar-refractivity contribution >= 4 is 35.0 Å². The summed E-state index contributed by atoms with van der Waals surface area (Å²) in [5.41, 5.74) is 1.77. The molecule has 1 aromatic carbocycles. The number of aromatic nitrogens is 3. The van der Waals surface area contributed by atoms with Gasteiger partial charge in [0.25, 0.3) is 5.91 Å². The maximum atomic E-state index is 13.0. The summed E-state index contributed by atoms with van der Waals surface area (Å²) in [4.78, 5) is 13.0. The summed E-state index contributed by atoms with van der Waals surface area (Å²) in [6, 6.07) is 10.9. The molecule has 0 saturated carbocycles. The van der Waals surface area contributed by atoms with Gasteiger partial charge < -0.3 is 8.98 Å². The summed E-state index contributed by atoms with van der Waals surface area (Å²) in [5, 5.41) is 15.5. The lowest BCUT2D eigenvalue weighted by Crippen LogP contribution is -2.28. The van der Waals surface area contributed by atoms with Crippen LogP contribution < -0.4 is 0 Å². The molecule has 1 atom stereocenters. The van der Waals surface area contributed by atoms with Gasteiger partial charge in [-0.15, -0.1) is 10.2 Å². The molecule has 3 aromatic rings. The number of rotatable bonds is 6. The highest BCUT2D eigenvalue weighted by atomic mass is 35.5. The van der Waals surface area contributed by atoms with E-state index in [0.29, 0.717) is 22.4 Å². The number of hydrogen-bond acceptors (Lipinski definition) is 6. The average Bonchev–Trinajstić information content (AvgIpc) is 3.46. The van der Waals surface area contributed by atoms with Crippen LogP contribution in [-0.2, 0) is 11.3 Å². The molecule has 1 aliphatic rings. The lowest BCUT2D eigenvalue weighted by atomic mass is 10.0. The average molecular weight is 416 g/mol. The molecule has 4 rings (SSSR count). The highest BCUT2D eigenvalue weighted by Crippen LogP contribution is 2.34. The quantitative estimate of drug-likeness (QED) is 0.568. The lowest BCUT2D eigenvalue weighted by Gasteiger charge is -2.19. The van der Waals surface area contributed by atoms with Gasteiger partial charge in [-0.25, -0.2) is 5.01 Å². The molecule has 1 aliphatic heterocycles. The number of aryl methyl sites for hydroxylation is 1. The molecule has 0 bridgehead atoms. The molecule has 7 nitrogen and oxygen atoms in total. The van der Waals surface area contributed by atoms with Crippen molar-refractivity contribution in [2.45, 2.75) is 31.1 Å². The zero-order valence-electron chi connectivity index (χ0n) is 15.2. The second-order valence-electron chi connectivity index (χ2n) is 6.22. The van der Waals surface area contributed by atoms with Crippen molar-refractivity contribution < 1.29 is 9.21 Å². The van der Waals surface area contributed by atoms with Crippen molar-refractivity contribution in [1.29, 1.82) is 0 Å². The lowest BCUT2D eigenvalue weighted by molar-refractivity contribution is -0.130. The maximum absolute atomic E-state index is 13.0. The first-order valence-corrected chi connectivity index (χ1v) is 10.2. The summed E-state index contributed by atoms with van der Waals surface area (Å²) in [7, 11) is 0. The van der Waals surface area contributed by atoms with Crippen LogP contribution in [0, 0.1) is 0 Å². The van der Waals surface area contributed by atoms with E-state index in [9.17, 15) is 4.79 Å². The molecule has 2 aromatic heterocycles. The van der Waals surface area contributed by atoms with E-state index in [1.807, 2.05) is 47.9 Å². The predicted octanol–water partition coefficient (Wildman–Crippen LogP) is 4.01. The second-order valence-corrected chi connectivity index (χ2v) is 7.59. The standard InChI is InChI=1S/C19H18ClN5O2S/c1-2-24-12-21-22-19(24)28-11-18(26)25-16(17-4-3-9-27-17)10-15(23-25)13-5-7-14(20)8-6-13/h3-9,12,16H,2,10-11H2,1H3/t16-/m1/s1. The van der Waals surface area contributed by atoms with Gasteiger partial charge in [0.05, 0.1) is 17.7 Å². The molecule has 1 amide bonds.